The molecule has 1 N–H and O–H groups in total. The number of ether oxygens (including phenoxy) is 1. The molecule has 0 spiro atoms. The maximum absolute atomic E-state index is 13.5. The van der Waals surface area contributed by atoms with Crippen LogP contribution in [0.1, 0.15) is 11.3 Å². The van der Waals surface area contributed by atoms with E-state index in [-0.39, 0.29) is 13.2 Å². The summed E-state index contributed by atoms with van der Waals surface area (Å²) in [7, 11) is 0. The van der Waals surface area contributed by atoms with Gasteiger partial charge in [0.1, 0.15) is 12.3 Å². The first-order chi connectivity index (χ1) is 10.7. The van der Waals surface area contributed by atoms with E-state index in [9.17, 15) is 9.18 Å². The minimum absolute atomic E-state index is 0.175. The molecule has 2 aromatic heterocycles. The van der Waals surface area contributed by atoms with Crippen molar-refractivity contribution in [3.63, 3.8) is 0 Å². The first-order valence-electron chi connectivity index (χ1n) is 6.79. The lowest BCUT2D eigenvalue weighted by molar-refractivity contribution is 0.139. The Labute approximate surface area is 126 Å². The third-order valence-corrected chi connectivity index (χ3v) is 3.12. The van der Waals surface area contributed by atoms with Crippen molar-refractivity contribution >= 4 is 11.7 Å². The van der Waals surface area contributed by atoms with Crippen LogP contribution in [0.15, 0.2) is 54.7 Å². The number of alkyl carbamates (subject to hydrolysis) is 1. The molecule has 0 fully saturated rings. The number of fused-ring (bicyclic) bond motifs is 1. The number of carbonyl (C=O) groups is 1. The first kappa shape index (κ1) is 14.1. The van der Waals surface area contributed by atoms with E-state index in [4.69, 9.17) is 4.74 Å². The molecule has 0 bridgehead atoms. The van der Waals surface area contributed by atoms with E-state index >= 15 is 0 Å². The van der Waals surface area contributed by atoms with Crippen molar-refractivity contribution in [2.24, 2.45) is 0 Å². The van der Waals surface area contributed by atoms with Crippen molar-refractivity contribution in [1.29, 1.82) is 0 Å². The van der Waals surface area contributed by atoms with Crippen molar-refractivity contribution in [3.05, 3.63) is 71.9 Å². The monoisotopic (exact) mass is 299 g/mol. The van der Waals surface area contributed by atoms with E-state index < -0.39 is 12.0 Å². The second-order valence-corrected chi connectivity index (χ2v) is 4.72. The van der Waals surface area contributed by atoms with Gasteiger partial charge < -0.3 is 10.1 Å². The molecule has 0 aliphatic rings. The minimum Gasteiger partial charge on any atom is -0.445 e. The second-order valence-electron chi connectivity index (χ2n) is 4.72. The van der Waals surface area contributed by atoms with Gasteiger partial charge in [-0.2, -0.15) is 4.39 Å². The number of pyridine rings is 1. The van der Waals surface area contributed by atoms with Crippen molar-refractivity contribution in [2.75, 3.05) is 0 Å². The molecule has 6 heteroatoms. The van der Waals surface area contributed by atoms with Gasteiger partial charge in [0.15, 0.2) is 5.95 Å². The van der Waals surface area contributed by atoms with Gasteiger partial charge in [0.25, 0.3) is 0 Å². The summed E-state index contributed by atoms with van der Waals surface area (Å²) in [6, 6.07) is 14.0. The zero-order valence-electron chi connectivity index (χ0n) is 11.7. The van der Waals surface area contributed by atoms with Crippen LogP contribution in [0, 0.1) is 5.95 Å². The average Bonchev–Trinajstić information content (AvgIpc) is 2.96. The van der Waals surface area contributed by atoms with Crippen molar-refractivity contribution in [1.82, 2.24) is 14.7 Å². The van der Waals surface area contributed by atoms with Crippen molar-refractivity contribution < 1.29 is 13.9 Å². The van der Waals surface area contributed by atoms with Crippen LogP contribution in [-0.2, 0) is 17.9 Å². The number of nitrogens with zero attached hydrogens (tertiary/aromatic N) is 2. The molecule has 112 valence electrons. The second kappa shape index (κ2) is 6.26. The summed E-state index contributed by atoms with van der Waals surface area (Å²) in [4.78, 5) is 15.8. The first-order valence-corrected chi connectivity index (χ1v) is 6.79. The molecule has 5 nitrogen and oxygen atoms in total. The zero-order valence-corrected chi connectivity index (χ0v) is 11.7. The zero-order chi connectivity index (χ0) is 15.4. The number of imidazole rings is 1. The number of amides is 1. The highest BCUT2D eigenvalue weighted by Crippen LogP contribution is 2.08. The molecule has 0 aliphatic heterocycles. The Bertz CT molecular complexity index is 786. The third kappa shape index (κ3) is 3.22. The molecule has 0 saturated heterocycles. The summed E-state index contributed by atoms with van der Waals surface area (Å²) in [5, 5.41) is 2.59. The van der Waals surface area contributed by atoms with E-state index in [1.807, 2.05) is 30.3 Å². The number of halogens is 1. The highest BCUT2D eigenvalue weighted by Gasteiger charge is 2.07. The molecule has 0 unspecified atom stereocenters. The predicted octanol–water partition coefficient (Wildman–Crippen LogP) is 2.90. The van der Waals surface area contributed by atoms with Gasteiger partial charge in [-0.3, -0.25) is 4.40 Å². The van der Waals surface area contributed by atoms with Crippen molar-refractivity contribution in [3.8, 4) is 0 Å². The fourth-order valence-electron chi connectivity index (χ4n) is 2.05. The molecule has 0 aliphatic carbocycles. The predicted molar refractivity (Wildman–Crippen MR) is 78.6 cm³/mol. The molecule has 0 saturated carbocycles. The molecule has 1 amide bonds. The molecule has 3 aromatic rings. The summed E-state index contributed by atoms with van der Waals surface area (Å²) < 4.78 is 19.9. The van der Waals surface area contributed by atoms with Crippen LogP contribution < -0.4 is 5.32 Å². The number of carbonyl (C=O) groups excluding carboxylic acids is 1. The van der Waals surface area contributed by atoms with Crippen LogP contribution in [0.4, 0.5) is 9.18 Å². The van der Waals surface area contributed by atoms with E-state index in [2.05, 4.69) is 10.3 Å². The number of hydrogen-bond acceptors (Lipinski definition) is 3. The van der Waals surface area contributed by atoms with Crippen LogP contribution in [0.25, 0.3) is 5.65 Å². The third-order valence-electron chi connectivity index (χ3n) is 3.12. The SMILES string of the molecule is O=C(NCc1cn2c(F)cccc2n1)OCc1ccccc1. The van der Waals surface area contributed by atoms with E-state index in [1.165, 1.54) is 10.5 Å². The van der Waals surface area contributed by atoms with Crippen LogP contribution >= 0.6 is 0 Å². The lowest BCUT2D eigenvalue weighted by Gasteiger charge is -2.05. The molecular weight excluding hydrogens is 285 g/mol. The van der Waals surface area contributed by atoms with Crippen LogP contribution in [-0.4, -0.2) is 15.5 Å². The largest absolute Gasteiger partial charge is 0.445 e. The Kier molecular flexibility index (Phi) is 4.00. The fraction of sp³-hybridized carbons (Fsp3) is 0.125. The summed E-state index contributed by atoms with van der Waals surface area (Å²) >= 11 is 0. The van der Waals surface area contributed by atoms with Gasteiger partial charge in [0.05, 0.1) is 12.2 Å². The van der Waals surface area contributed by atoms with E-state index in [1.54, 1.807) is 18.3 Å². The lowest BCUT2D eigenvalue weighted by atomic mass is 10.2. The Morgan fingerprint density at radius 3 is 2.77 bits per heavy atom. The highest BCUT2D eigenvalue weighted by molar-refractivity contribution is 5.67. The summed E-state index contributed by atoms with van der Waals surface area (Å²) in [6.45, 7) is 0.376. The van der Waals surface area contributed by atoms with Crippen LogP contribution in [0.3, 0.4) is 0 Å². The Morgan fingerprint density at radius 2 is 2.00 bits per heavy atom. The summed E-state index contributed by atoms with van der Waals surface area (Å²) in [5.41, 5.74) is 1.96. The van der Waals surface area contributed by atoms with Gasteiger partial charge in [0, 0.05) is 6.20 Å². The van der Waals surface area contributed by atoms with Gasteiger partial charge in [-0.15, -0.1) is 0 Å². The average molecular weight is 299 g/mol. The van der Waals surface area contributed by atoms with Crippen LogP contribution in [0.2, 0.25) is 0 Å². The van der Waals surface area contributed by atoms with Gasteiger partial charge in [-0.05, 0) is 17.7 Å². The fourth-order valence-corrected chi connectivity index (χ4v) is 2.05. The highest BCUT2D eigenvalue weighted by atomic mass is 19.1. The molecule has 0 radical (unpaired) electrons. The molecule has 22 heavy (non-hydrogen) atoms. The number of benzene rings is 1. The topological polar surface area (TPSA) is 55.6 Å². The van der Waals surface area contributed by atoms with Gasteiger partial charge in [0.2, 0.25) is 0 Å². The maximum Gasteiger partial charge on any atom is 0.407 e. The van der Waals surface area contributed by atoms with Gasteiger partial charge in [-0.1, -0.05) is 36.4 Å². The Morgan fingerprint density at radius 1 is 1.18 bits per heavy atom. The Balaban J connectivity index is 1.55. The number of rotatable bonds is 4. The number of hydrogen-bond donors (Lipinski definition) is 1. The van der Waals surface area contributed by atoms with E-state index in [0.717, 1.165) is 5.56 Å². The molecule has 2 heterocycles. The quantitative estimate of drug-likeness (QED) is 0.754. The lowest BCUT2D eigenvalue weighted by Crippen LogP contribution is -2.23. The van der Waals surface area contributed by atoms with Crippen LogP contribution in [0.5, 0.6) is 0 Å². The normalized spacial score (nSPS) is 10.6. The molecule has 0 atom stereocenters. The summed E-state index contributed by atoms with van der Waals surface area (Å²) in [5.74, 6) is -0.400. The number of aromatic nitrogens is 2. The van der Waals surface area contributed by atoms with Crippen molar-refractivity contribution in [2.45, 2.75) is 13.2 Å². The smallest absolute Gasteiger partial charge is 0.407 e. The van der Waals surface area contributed by atoms with Gasteiger partial charge >= 0.3 is 6.09 Å². The summed E-state index contributed by atoms with van der Waals surface area (Å²) in [6.07, 6.45) is 1.00. The Hall–Kier alpha value is -2.89. The van der Waals surface area contributed by atoms with Gasteiger partial charge in [-0.25, -0.2) is 9.78 Å². The molecular formula is C16H14FN3O2. The molecule has 1 aromatic carbocycles. The maximum atomic E-state index is 13.5. The minimum atomic E-state index is -0.540. The van der Waals surface area contributed by atoms with E-state index in [0.29, 0.717) is 11.3 Å². The standard InChI is InChI=1S/C16H14FN3O2/c17-14-7-4-8-15-19-13(10-20(14)15)9-18-16(21)22-11-12-5-2-1-3-6-12/h1-8,10H,9,11H2,(H,18,21). The number of nitrogens with one attached hydrogen (secondary N) is 1. The molecule has 3 rings (SSSR count).